The maximum atomic E-state index is 5.49. The average Bonchev–Trinajstić information content (AvgIpc) is 3.00. The van der Waals surface area contributed by atoms with Crippen LogP contribution in [0.25, 0.3) is 0 Å². The summed E-state index contributed by atoms with van der Waals surface area (Å²) in [5.41, 5.74) is 2.74. The number of rotatable bonds is 3. The zero-order chi connectivity index (χ0) is 10.3. The van der Waals surface area contributed by atoms with Crippen LogP contribution in [0.2, 0.25) is 0 Å². The molecule has 1 fully saturated rings. The fourth-order valence-corrected chi connectivity index (χ4v) is 2.72. The molecule has 1 aromatic heterocycles. The summed E-state index contributed by atoms with van der Waals surface area (Å²) in [6, 6.07) is 0. The Labute approximate surface area is 90.2 Å². The molecule has 0 aliphatic heterocycles. The molecule has 1 aromatic rings. The van der Waals surface area contributed by atoms with Crippen molar-refractivity contribution in [2.24, 2.45) is 0 Å². The van der Waals surface area contributed by atoms with Gasteiger partial charge in [0.25, 0.3) is 0 Å². The lowest BCUT2D eigenvalue weighted by Crippen LogP contribution is -2.21. The SMILES string of the molecule is CNCC1CCCc2onc(C3CC3)c21. The van der Waals surface area contributed by atoms with Crippen molar-refractivity contribution in [2.75, 3.05) is 13.6 Å². The van der Waals surface area contributed by atoms with Gasteiger partial charge in [-0.15, -0.1) is 0 Å². The van der Waals surface area contributed by atoms with Gasteiger partial charge in [0.2, 0.25) is 0 Å². The van der Waals surface area contributed by atoms with Crippen molar-refractivity contribution in [1.82, 2.24) is 10.5 Å². The van der Waals surface area contributed by atoms with Gasteiger partial charge in [0.05, 0.1) is 5.69 Å². The van der Waals surface area contributed by atoms with E-state index in [4.69, 9.17) is 4.52 Å². The van der Waals surface area contributed by atoms with Crippen LogP contribution in [0.5, 0.6) is 0 Å². The molecule has 1 saturated carbocycles. The molecule has 3 heteroatoms. The molecule has 1 heterocycles. The van der Waals surface area contributed by atoms with E-state index in [0.717, 1.165) is 18.9 Å². The zero-order valence-corrected chi connectivity index (χ0v) is 9.25. The molecule has 0 bridgehead atoms. The largest absolute Gasteiger partial charge is 0.361 e. The van der Waals surface area contributed by atoms with Crippen LogP contribution in [-0.4, -0.2) is 18.7 Å². The van der Waals surface area contributed by atoms with Crippen LogP contribution in [0.3, 0.4) is 0 Å². The van der Waals surface area contributed by atoms with Crippen LogP contribution in [0, 0.1) is 0 Å². The molecule has 2 aliphatic rings. The van der Waals surface area contributed by atoms with Crippen LogP contribution in [0.15, 0.2) is 4.52 Å². The van der Waals surface area contributed by atoms with E-state index in [2.05, 4.69) is 10.5 Å². The molecular weight excluding hydrogens is 188 g/mol. The van der Waals surface area contributed by atoms with E-state index in [1.165, 1.54) is 42.7 Å². The van der Waals surface area contributed by atoms with Crippen molar-refractivity contribution in [3.63, 3.8) is 0 Å². The highest BCUT2D eigenvalue weighted by Crippen LogP contribution is 2.45. The van der Waals surface area contributed by atoms with Crippen molar-refractivity contribution in [2.45, 2.75) is 43.9 Å². The fraction of sp³-hybridized carbons (Fsp3) is 0.750. The van der Waals surface area contributed by atoms with Crippen molar-refractivity contribution < 1.29 is 4.52 Å². The first kappa shape index (κ1) is 9.40. The fourth-order valence-electron chi connectivity index (χ4n) is 2.72. The topological polar surface area (TPSA) is 38.1 Å². The van der Waals surface area contributed by atoms with Gasteiger partial charge in [-0.25, -0.2) is 0 Å². The summed E-state index contributed by atoms with van der Waals surface area (Å²) in [5.74, 6) is 2.53. The average molecular weight is 206 g/mol. The second kappa shape index (κ2) is 3.63. The Balaban J connectivity index is 1.95. The molecule has 0 amide bonds. The van der Waals surface area contributed by atoms with E-state index in [9.17, 15) is 0 Å². The van der Waals surface area contributed by atoms with Gasteiger partial charge >= 0.3 is 0 Å². The summed E-state index contributed by atoms with van der Waals surface area (Å²) in [7, 11) is 2.03. The lowest BCUT2D eigenvalue weighted by molar-refractivity contribution is 0.360. The van der Waals surface area contributed by atoms with Gasteiger partial charge in [0.15, 0.2) is 0 Å². The normalized spacial score (nSPS) is 25.3. The van der Waals surface area contributed by atoms with Crippen LogP contribution in [0.4, 0.5) is 0 Å². The zero-order valence-electron chi connectivity index (χ0n) is 9.25. The van der Waals surface area contributed by atoms with E-state index in [1.807, 2.05) is 7.05 Å². The van der Waals surface area contributed by atoms with Gasteiger partial charge in [-0.2, -0.15) is 0 Å². The molecule has 0 spiro atoms. The summed E-state index contributed by atoms with van der Waals surface area (Å²) in [4.78, 5) is 0. The number of nitrogens with one attached hydrogen (secondary N) is 1. The highest BCUT2D eigenvalue weighted by atomic mass is 16.5. The van der Waals surface area contributed by atoms with Crippen molar-refractivity contribution in [3.05, 3.63) is 17.0 Å². The molecule has 0 radical (unpaired) electrons. The molecule has 0 aromatic carbocycles. The Morgan fingerprint density at radius 2 is 2.27 bits per heavy atom. The summed E-state index contributed by atoms with van der Waals surface area (Å²) in [6.07, 6.45) is 6.25. The summed E-state index contributed by atoms with van der Waals surface area (Å²) >= 11 is 0. The molecular formula is C12H18N2O. The number of aryl methyl sites for hydroxylation is 1. The molecule has 3 rings (SSSR count). The number of aromatic nitrogens is 1. The van der Waals surface area contributed by atoms with Crippen molar-refractivity contribution in [3.8, 4) is 0 Å². The second-order valence-electron chi connectivity index (χ2n) is 4.83. The minimum Gasteiger partial charge on any atom is -0.361 e. The van der Waals surface area contributed by atoms with E-state index in [1.54, 1.807) is 0 Å². The van der Waals surface area contributed by atoms with Crippen LogP contribution in [0.1, 0.15) is 54.5 Å². The Kier molecular flexibility index (Phi) is 2.28. The minimum atomic E-state index is 0.639. The summed E-state index contributed by atoms with van der Waals surface area (Å²) in [6.45, 7) is 1.06. The van der Waals surface area contributed by atoms with Gasteiger partial charge in [-0.3, -0.25) is 0 Å². The maximum absolute atomic E-state index is 5.49. The monoisotopic (exact) mass is 206 g/mol. The first-order chi connectivity index (χ1) is 7.40. The van der Waals surface area contributed by atoms with Crippen molar-refractivity contribution in [1.29, 1.82) is 0 Å². The quantitative estimate of drug-likeness (QED) is 0.823. The Morgan fingerprint density at radius 1 is 1.40 bits per heavy atom. The van der Waals surface area contributed by atoms with Crippen molar-refractivity contribution >= 4 is 0 Å². The summed E-state index contributed by atoms with van der Waals surface area (Å²) < 4.78 is 5.49. The Bertz CT molecular complexity index is 355. The Hall–Kier alpha value is -0.830. The summed E-state index contributed by atoms with van der Waals surface area (Å²) in [5, 5.41) is 7.57. The smallest absolute Gasteiger partial charge is 0.140 e. The van der Waals surface area contributed by atoms with Gasteiger partial charge in [0, 0.05) is 30.4 Å². The number of likely N-dealkylation sites (N-methyl/N-ethyl adjacent to an activating group) is 1. The lowest BCUT2D eigenvalue weighted by Gasteiger charge is -2.21. The minimum absolute atomic E-state index is 0.639. The number of hydrogen-bond donors (Lipinski definition) is 1. The molecule has 1 N–H and O–H groups in total. The van der Waals surface area contributed by atoms with Gasteiger partial charge < -0.3 is 9.84 Å². The molecule has 1 unspecified atom stereocenters. The number of nitrogens with zero attached hydrogens (tertiary/aromatic N) is 1. The number of hydrogen-bond acceptors (Lipinski definition) is 3. The molecule has 3 nitrogen and oxygen atoms in total. The molecule has 0 saturated heterocycles. The van der Waals surface area contributed by atoms with E-state index >= 15 is 0 Å². The lowest BCUT2D eigenvalue weighted by atomic mass is 9.85. The standard InChI is InChI=1S/C12H18N2O/c1-13-7-9-3-2-4-10-11(9)12(14-15-10)8-5-6-8/h8-9,13H,2-7H2,1H3. The second-order valence-corrected chi connectivity index (χ2v) is 4.83. The number of fused-ring (bicyclic) bond motifs is 1. The molecule has 82 valence electrons. The molecule has 15 heavy (non-hydrogen) atoms. The van der Waals surface area contributed by atoms with Gasteiger partial charge in [-0.05, 0) is 32.7 Å². The van der Waals surface area contributed by atoms with E-state index in [-0.39, 0.29) is 0 Å². The van der Waals surface area contributed by atoms with Crippen LogP contribution in [-0.2, 0) is 6.42 Å². The van der Waals surface area contributed by atoms with Gasteiger partial charge in [-0.1, -0.05) is 5.16 Å². The van der Waals surface area contributed by atoms with E-state index < -0.39 is 0 Å². The van der Waals surface area contributed by atoms with Crippen LogP contribution < -0.4 is 5.32 Å². The predicted molar refractivity (Wildman–Crippen MR) is 58.1 cm³/mol. The highest BCUT2D eigenvalue weighted by molar-refractivity contribution is 5.34. The molecule has 2 aliphatic carbocycles. The Morgan fingerprint density at radius 3 is 3.00 bits per heavy atom. The van der Waals surface area contributed by atoms with E-state index in [0.29, 0.717) is 5.92 Å². The first-order valence-corrected chi connectivity index (χ1v) is 6.03. The third-order valence-electron chi connectivity index (χ3n) is 3.61. The van der Waals surface area contributed by atoms with Crippen LogP contribution >= 0.6 is 0 Å². The van der Waals surface area contributed by atoms with Gasteiger partial charge in [0.1, 0.15) is 5.76 Å². The third-order valence-corrected chi connectivity index (χ3v) is 3.61. The molecule has 1 atom stereocenters. The predicted octanol–water partition coefficient (Wildman–Crippen LogP) is 2.19. The highest BCUT2D eigenvalue weighted by Gasteiger charge is 2.35. The maximum Gasteiger partial charge on any atom is 0.140 e. The first-order valence-electron chi connectivity index (χ1n) is 6.03. The third kappa shape index (κ3) is 1.59.